The largest absolute Gasteiger partial charge is 0.395 e. The van der Waals surface area contributed by atoms with Crippen LogP contribution in [0.1, 0.15) is 12.8 Å². The van der Waals surface area contributed by atoms with Crippen molar-refractivity contribution in [1.29, 1.82) is 0 Å². The normalized spacial score (nSPS) is 37.1. The van der Waals surface area contributed by atoms with Crippen LogP contribution < -0.4 is 0 Å². The fourth-order valence-corrected chi connectivity index (χ4v) is 3.16. The molecule has 7 nitrogen and oxygen atoms in total. The highest BCUT2D eigenvalue weighted by Gasteiger charge is 2.41. The van der Waals surface area contributed by atoms with Crippen LogP contribution in [0.15, 0.2) is 0 Å². The molecule has 2 saturated heterocycles. The summed E-state index contributed by atoms with van der Waals surface area (Å²) < 4.78 is 0. The predicted octanol–water partition coefficient (Wildman–Crippen LogP) is -2.39. The Labute approximate surface area is 118 Å². The number of hydrogen-bond donors (Lipinski definition) is 4. The van der Waals surface area contributed by atoms with E-state index in [1.807, 2.05) is 4.90 Å². The average Bonchev–Trinajstić information content (AvgIpc) is 2.46. The Balaban J connectivity index is 1.92. The first-order chi connectivity index (χ1) is 9.56. The molecule has 116 valence electrons. The molecule has 2 aliphatic rings. The fraction of sp³-hybridized carbons (Fsp3) is 0.923. The number of nitrogens with zero attached hydrogens (tertiary/aromatic N) is 2. The second-order valence-corrected chi connectivity index (χ2v) is 5.84. The lowest BCUT2D eigenvalue weighted by atomic mass is 9.90. The third-order valence-electron chi connectivity index (χ3n) is 4.51. The molecule has 2 rings (SSSR count). The molecule has 4 atom stereocenters. The van der Waals surface area contributed by atoms with Crippen LogP contribution >= 0.6 is 0 Å². The lowest BCUT2D eigenvalue weighted by molar-refractivity contribution is -0.148. The predicted molar refractivity (Wildman–Crippen MR) is 70.8 cm³/mol. The molecule has 0 aliphatic carbocycles. The van der Waals surface area contributed by atoms with Gasteiger partial charge in [-0.3, -0.25) is 9.69 Å². The monoisotopic (exact) mass is 288 g/mol. The summed E-state index contributed by atoms with van der Waals surface area (Å²) in [4.78, 5) is 14.3. The molecule has 2 heterocycles. The Morgan fingerprint density at radius 2 is 1.75 bits per heavy atom. The van der Waals surface area contributed by atoms with Gasteiger partial charge in [0.25, 0.3) is 0 Å². The van der Waals surface area contributed by atoms with Gasteiger partial charge in [-0.1, -0.05) is 0 Å². The molecule has 0 unspecified atom stereocenters. The van der Waals surface area contributed by atoms with Crippen molar-refractivity contribution in [3.63, 3.8) is 0 Å². The molecular formula is C13H24N2O5. The highest BCUT2D eigenvalue weighted by Crippen LogP contribution is 2.24. The summed E-state index contributed by atoms with van der Waals surface area (Å²) in [7, 11) is 0. The topological polar surface area (TPSA) is 104 Å². The zero-order valence-electron chi connectivity index (χ0n) is 11.5. The number of amides is 1. The molecule has 2 aliphatic heterocycles. The molecule has 0 bridgehead atoms. The summed E-state index contributed by atoms with van der Waals surface area (Å²) in [6.45, 7) is 2.09. The van der Waals surface area contributed by atoms with Crippen molar-refractivity contribution < 1.29 is 25.2 Å². The van der Waals surface area contributed by atoms with E-state index in [0.29, 0.717) is 12.5 Å². The molecule has 0 spiro atoms. The Morgan fingerprint density at radius 1 is 1.10 bits per heavy atom. The van der Waals surface area contributed by atoms with Gasteiger partial charge in [0, 0.05) is 26.2 Å². The summed E-state index contributed by atoms with van der Waals surface area (Å²) in [6, 6.07) is -0.544. The SMILES string of the molecule is O=CN1CCC(CN2C[C@H](O)[C@@H](O)[C@H](O)[C@@H]2CO)CC1. The number of carbonyl (C=O) groups excluding carboxylic acids is 1. The molecule has 0 aromatic carbocycles. The summed E-state index contributed by atoms with van der Waals surface area (Å²) in [5, 5.41) is 38.7. The smallest absolute Gasteiger partial charge is 0.209 e. The molecule has 2 fully saturated rings. The number of piperidine rings is 2. The number of hydrogen-bond acceptors (Lipinski definition) is 6. The number of aliphatic hydroxyl groups excluding tert-OH is 4. The van der Waals surface area contributed by atoms with Gasteiger partial charge in [0.2, 0.25) is 6.41 Å². The minimum absolute atomic E-state index is 0.247. The van der Waals surface area contributed by atoms with Gasteiger partial charge in [0.1, 0.15) is 12.2 Å². The first-order valence-corrected chi connectivity index (χ1v) is 7.15. The third-order valence-corrected chi connectivity index (χ3v) is 4.51. The molecular weight excluding hydrogens is 264 g/mol. The Hall–Kier alpha value is -0.730. The lowest BCUT2D eigenvalue weighted by Gasteiger charge is -2.45. The van der Waals surface area contributed by atoms with E-state index in [4.69, 9.17) is 0 Å². The van der Waals surface area contributed by atoms with Crippen LogP contribution in [0.4, 0.5) is 0 Å². The van der Waals surface area contributed by atoms with Gasteiger partial charge in [0.15, 0.2) is 0 Å². The zero-order valence-corrected chi connectivity index (χ0v) is 11.5. The van der Waals surface area contributed by atoms with Crippen molar-refractivity contribution in [2.45, 2.75) is 37.2 Å². The van der Waals surface area contributed by atoms with E-state index in [1.54, 1.807) is 4.90 Å². The molecule has 7 heteroatoms. The highest BCUT2D eigenvalue weighted by atomic mass is 16.4. The van der Waals surface area contributed by atoms with Gasteiger partial charge in [-0.05, 0) is 18.8 Å². The van der Waals surface area contributed by atoms with E-state index in [2.05, 4.69) is 0 Å². The second kappa shape index (κ2) is 6.82. The highest BCUT2D eigenvalue weighted by molar-refractivity contribution is 5.47. The van der Waals surface area contributed by atoms with Crippen molar-refractivity contribution in [2.75, 3.05) is 32.8 Å². The number of carbonyl (C=O) groups is 1. The quantitative estimate of drug-likeness (QED) is 0.431. The van der Waals surface area contributed by atoms with Crippen molar-refractivity contribution in [2.24, 2.45) is 5.92 Å². The van der Waals surface area contributed by atoms with Gasteiger partial charge in [-0.25, -0.2) is 0 Å². The fourth-order valence-electron chi connectivity index (χ4n) is 3.16. The van der Waals surface area contributed by atoms with Gasteiger partial charge in [-0.2, -0.15) is 0 Å². The number of aliphatic hydroxyl groups is 4. The first kappa shape index (κ1) is 15.7. The van der Waals surface area contributed by atoms with Crippen molar-refractivity contribution in [3.05, 3.63) is 0 Å². The molecule has 0 radical (unpaired) electrons. The number of β-amino-alcohol motifs (C(OH)–C–C–N with tert-alkyl or cyclic N) is 1. The van der Waals surface area contributed by atoms with Gasteiger partial charge in [-0.15, -0.1) is 0 Å². The van der Waals surface area contributed by atoms with Crippen LogP contribution in [0.3, 0.4) is 0 Å². The maximum absolute atomic E-state index is 10.7. The summed E-state index contributed by atoms with van der Waals surface area (Å²) in [6.07, 6.45) is -0.733. The van der Waals surface area contributed by atoms with Crippen LogP contribution in [-0.4, -0.2) is 93.8 Å². The van der Waals surface area contributed by atoms with E-state index in [-0.39, 0.29) is 13.2 Å². The van der Waals surface area contributed by atoms with E-state index in [1.165, 1.54) is 0 Å². The van der Waals surface area contributed by atoms with Crippen LogP contribution in [0.2, 0.25) is 0 Å². The molecule has 0 aromatic rings. The molecule has 20 heavy (non-hydrogen) atoms. The molecule has 4 N–H and O–H groups in total. The minimum atomic E-state index is -1.21. The van der Waals surface area contributed by atoms with Crippen LogP contribution in [0.5, 0.6) is 0 Å². The maximum atomic E-state index is 10.7. The summed E-state index contributed by atoms with van der Waals surface area (Å²) in [5.74, 6) is 0.370. The standard InChI is InChI=1S/C13H24N2O5/c16-7-10-12(19)13(20)11(18)6-15(10)5-9-1-3-14(8-17)4-2-9/h8-13,16,18-20H,1-7H2/t10-,11-,12+,13+/m0/s1. The van der Waals surface area contributed by atoms with E-state index in [0.717, 1.165) is 32.3 Å². The summed E-state index contributed by atoms with van der Waals surface area (Å²) >= 11 is 0. The lowest BCUT2D eigenvalue weighted by Crippen LogP contribution is -2.63. The second-order valence-electron chi connectivity index (χ2n) is 5.84. The number of rotatable bonds is 4. The van der Waals surface area contributed by atoms with Gasteiger partial charge >= 0.3 is 0 Å². The Morgan fingerprint density at radius 3 is 2.30 bits per heavy atom. The van der Waals surface area contributed by atoms with Crippen LogP contribution in [0.25, 0.3) is 0 Å². The molecule has 1 amide bonds. The zero-order chi connectivity index (χ0) is 14.7. The Kier molecular flexibility index (Phi) is 5.34. The van der Waals surface area contributed by atoms with Gasteiger partial charge < -0.3 is 25.3 Å². The van der Waals surface area contributed by atoms with Crippen molar-refractivity contribution in [3.8, 4) is 0 Å². The van der Waals surface area contributed by atoms with Crippen molar-refractivity contribution >= 4 is 6.41 Å². The third kappa shape index (κ3) is 3.29. The minimum Gasteiger partial charge on any atom is -0.395 e. The van der Waals surface area contributed by atoms with Gasteiger partial charge in [0.05, 0.1) is 18.8 Å². The van der Waals surface area contributed by atoms with E-state index < -0.39 is 24.4 Å². The number of likely N-dealkylation sites (tertiary alicyclic amines) is 2. The van der Waals surface area contributed by atoms with Crippen LogP contribution in [-0.2, 0) is 4.79 Å². The molecule has 0 saturated carbocycles. The average molecular weight is 288 g/mol. The molecule has 0 aromatic heterocycles. The maximum Gasteiger partial charge on any atom is 0.209 e. The Bertz CT molecular complexity index is 322. The first-order valence-electron chi connectivity index (χ1n) is 7.15. The van der Waals surface area contributed by atoms with E-state index in [9.17, 15) is 25.2 Å². The van der Waals surface area contributed by atoms with Crippen LogP contribution in [0, 0.1) is 5.92 Å². The van der Waals surface area contributed by atoms with Crippen molar-refractivity contribution in [1.82, 2.24) is 9.80 Å². The summed E-state index contributed by atoms with van der Waals surface area (Å²) in [5.41, 5.74) is 0. The van der Waals surface area contributed by atoms with E-state index >= 15 is 0 Å².